The molecule has 1 rings (SSSR count). The van der Waals surface area contributed by atoms with Crippen LogP contribution in [-0.4, -0.2) is 30.3 Å². The molecule has 1 aromatic carbocycles. The van der Waals surface area contributed by atoms with E-state index >= 15 is 0 Å². The Morgan fingerprint density at radius 2 is 2.06 bits per heavy atom. The second kappa shape index (κ2) is 6.39. The number of hydrogen-bond donors (Lipinski definition) is 0. The molecule has 0 amide bonds. The zero-order valence-electron chi connectivity index (χ0n) is 10.3. The quantitative estimate of drug-likeness (QED) is 0.759. The van der Waals surface area contributed by atoms with Gasteiger partial charge < -0.3 is 0 Å². The van der Waals surface area contributed by atoms with Crippen LogP contribution in [0.3, 0.4) is 0 Å². The van der Waals surface area contributed by atoms with E-state index in [1.165, 1.54) is 0 Å². The number of carbonyl (C=O) groups is 1. The van der Waals surface area contributed by atoms with Crippen molar-refractivity contribution in [3.8, 4) is 0 Å². The molecule has 0 aliphatic heterocycles. The molecule has 0 aromatic heterocycles. The van der Waals surface area contributed by atoms with Crippen LogP contribution in [0, 0.1) is 0 Å². The number of nitrogens with zero attached hydrogens (tertiary/aromatic N) is 1. The Kier molecular flexibility index (Phi) is 5.44. The lowest BCUT2D eigenvalue weighted by Gasteiger charge is -2.23. The number of likely N-dealkylation sites (N-methyl/N-ethyl adjacent to an activating group) is 1. The molecule has 0 radical (unpaired) electrons. The summed E-state index contributed by atoms with van der Waals surface area (Å²) in [6.45, 7) is 4.87. The summed E-state index contributed by atoms with van der Waals surface area (Å²) >= 11 is 11.8. The molecule has 0 fully saturated rings. The second-order valence-corrected chi connectivity index (χ2v) is 4.99. The highest BCUT2D eigenvalue weighted by atomic mass is 35.5. The van der Waals surface area contributed by atoms with Gasteiger partial charge in [0.2, 0.25) is 0 Å². The number of benzene rings is 1. The zero-order chi connectivity index (χ0) is 13.0. The number of hydrogen-bond acceptors (Lipinski definition) is 2. The predicted octanol–water partition coefficient (Wildman–Crippen LogP) is 3.91. The monoisotopic (exact) mass is 273 g/mol. The predicted molar refractivity (Wildman–Crippen MR) is 73.2 cm³/mol. The van der Waals surface area contributed by atoms with Crippen molar-refractivity contribution in [2.75, 3.05) is 13.6 Å². The molecule has 0 aliphatic rings. The summed E-state index contributed by atoms with van der Waals surface area (Å²) in [4.78, 5) is 14.2. The van der Waals surface area contributed by atoms with E-state index in [1.807, 2.05) is 18.9 Å². The van der Waals surface area contributed by atoms with E-state index < -0.39 is 0 Å². The average Bonchev–Trinajstić information content (AvgIpc) is 2.27. The van der Waals surface area contributed by atoms with Crippen molar-refractivity contribution in [3.05, 3.63) is 33.8 Å². The van der Waals surface area contributed by atoms with Crippen LogP contribution in [0.15, 0.2) is 18.2 Å². The minimum absolute atomic E-state index is 0.0302. The van der Waals surface area contributed by atoms with Gasteiger partial charge in [-0.05, 0) is 45.1 Å². The molecule has 0 saturated carbocycles. The van der Waals surface area contributed by atoms with Crippen LogP contribution in [0.2, 0.25) is 10.0 Å². The van der Waals surface area contributed by atoms with Crippen LogP contribution in [0.25, 0.3) is 0 Å². The average molecular weight is 274 g/mol. The summed E-state index contributed by atoms with van der Waals surface area (Å²) in [7, 11) is 1.94. The fourth-order valence-corrected chi connectivity index (χ4v) is 2.16. The molecular weight excluding hydrogens is 257 g/mol. The largest absolute Gasteiger partial charge is 0.297 e. The van der Waals surface area contributed by atoms with Gasteiger partial charge in [-0.3, -0.25) is 9.69 Å². The first kappa shape index (κ1) is 14.5. The van der Waals surface area contributed by atoms with Crippen LogP contribution in [0.5, 0.6) is 0 Å². The van der Waals surface area contributed by atoms with Crippen molar-refractivity contribution in [1.29, 1.82) is 0 Å². The molecule has 0 aliphatic carbocycles. The summed E-state index contributed by atoms with van der Waals surface area (Å²) in [5.74, 6) is 0.0302. The maximum atomic E-state index is 12.2. The van der Waals surface area contributed by atoms with Crippen molar-refractivity contribution in [1.82, 2.24) is 4.90 Å². The highest BCUT2D eigenvalue weighted by Crippen LogP contribution is 2.23. The summed E-state index contributed by atoms with van der Waals surface area (Å²) < 4.78 is 0. The normalized spacial score (nSPS) is 12.8. The van der Waals surface area contributed by atoms with Crippen LogP contribution < -0.4 is 0 Å². The Labute approximate surface area is 113 Å². The van der Waals surface area contributed by atoms with Crippen molar-refractivity contribution in [2.45, 2.75) is 26.3 Å². The molecule has 94 valence electrons. The maximum Gasteiger partial charge on any atom is 0.181 e. The van der Waals surface area contributed by atoms with Crippen molar-refractivity contribution < 1.29 is 4.79 Å². The Bertz CT molecular complexity index is 406. The zero-order valence-corrected chi connectivity index (χ0v) is 11.8. The molecule has 17 heavy (non-hydrogen) atoms. The molecule has 0 saturated heterocycles. The van der Waals surface area contributed by atoms with E-state index in [1.54, 1.807) is 18.2 Å². The molecule has 0 N–H and O–H groups in total. The van der Waals surface area contributed by atoms with E-state index in [2.05, 4.69) is 6.92 Å². The van der Waals surface area contributed by atoms with E-state index in [4.69, 9.17) is 23.2 Å². The SMILES string of the molecule is CCCN(C)C(C)C(=O)c1ccc(Cl)cc1Cl. The lowest BCUT2D eigenvalue weighted by atomic mass is 10.0. The number of ketones is 1. The van der Waals surface area contributed by atoms with Gasteiger partial charge in [0.05, 0.1) is 11.1 Å². The molecule has 1 aromatic rings. The Morgan fingerprint density at radius 3 is 2.59 bits per heavy atom. The van der Waals surface area contributed by atoms with Gasteiger partial charge in [0.1, 0.15) is 0 Å². The molecular formula is C13H17Cl2NO. The van der Waals surface area contributed by atoms with Gasteiger partial charge in [-0.2, -0.15) is 0 Å². The smallest absolute Gasteiger partial charge is 0.181 e. The number of halogens is 2. The summed E-state index contributed by atoms with van der Waals surface area (Å²) in [5, 5.41) is 0.959. The van der Waals surface area contributed by atoms with Gasteiger partial charge in [-0.25, -0.2) is 0 Å². The van der Waals surface area contributed by atoms with Gasteiger partial charge in [0.15, 0.2) is 5.78 Å². The minimum atomic E-state index is -0.173. The van der Waals surface area contributed by atoms with Crippen molar-refractivity contribution in [3.63, 3.8) is 0 Å². The first-order valence-electron chi connectivity index (χ1n) is 5.66. The topological polar surface area (TPSA) is 20.3 Å². The number of carbonyl (C=O) groups excluding carboxylic acids is 1. The summed E-state index contributed by atoms with van der Waals surface area (Å²) in [5.41, 5.74) is 0.534. The van der Waals surface area contributed by atoms with Crippen LogP contribution in [-0.2, 0) is 0 Å². The van der Waals surface area contributed by atoms with Gasteiger partial charge in [-0.1, -0.05) is 30.1 Å². The molecule has 1 atom stereocenters. The fourth-order valence-electron chi connectivity index (χ4n) is 1.66. The van der Waals surface area contributed by atoms with Crippen LogP contribution in [0.1, 0.15) is 30.6 Å². The van der Waals surface area contributed by atoms with E-state index in [-0.39, 0.29) is 11.8 Å². The van der Waals surface area contributed by atoms with Crippen molar-refractivity contribution in [2.24, 2.45) is 0 Å². The van der Waals surface area contributed by atoms with Gasteiger partial charge in [-0.15, -0.1) is 0 Å². The second-order valence-electron chi connectivity index (χ2n) is 4.15. The molecule has 1 unspecified atom stereocenters. The van der Waals surface area contributed by atoms with Crippen molar-refractivity contribution >= 4 is 29.0 Å². The van der Waals surface area contributed by atoms with E-state index in [0.717, 1.165) is 13.0 Å². The first-order chi connectivity index (χ1) is 7.97. The lowest BCUT2D eigenvalue weighted by Crippen LogP contribution is -2.36. The molecule has 2 nitrogen and oxygen atoms in total. The highest BCUT2D eigenvalue weighted by molar-refractivity contribution is 6.37. The van der Waals surface area contributed by atoms with Crippen LogP contribution in [0.4, 0.5) is 0 Å². The van der Waals surface area contributed by atoms with Crippen LogP contribution >= 0.6 is 23.2 Å². The Morgan fingerprint density at radius 1 is 1.41 bits per heavy atom. The molecule has 4 heteroatoms. The minimum Gasteiger partial charge on any atom is -0.297 e. The highest BCUT2D eigenvalue weighted by Gasteiger charge is 2.21. The third-order valence-electron chi connectivity index (χ3n) is 2.81. The standard InChI is InChI=1S/C13H17Cl2NO/c1-4-7-16(3)9(2)13(17)11-6-5-10(14)8-12(11)15/h5-6,8-9H,4,7H2,1-3H3. The van der Waals surface area contributed by atoms with E-state index in [9.17, 15) is 4.79 Å². The molecule has 0 heterocycles. The summed E-state index contributed by atoms with van der Waals surface area (Å²) in [6, 6.07) is 4.80. The third kappa shape index (κ3) is 3.70. The lowest BCUT2D eigenvalue weighted by molar-refractivity contribution is 0.0869. The molecule has 0 spiro atoms. The number of Topliss-reactive ketones (excluding diaryl/α,β-unsaturated/α-hetero) is 1. The Balaban J connectivity index is 2.88. The third-order valence-corrected chi connectivity index (χ3v) is 3.36. The first-order valence-corrected chi connectivity index (χ1v) is 6.42. The molecule has 0 bridgehead atoms. The summed E-state index contributed by atoms with van der Waals surface area (Å²) in [6.07, 6.45) is 1.02. The van der Waals surface area contributed by atoms with Gasteiger partial charge in [0.25, 0.3) is 0 Å². The van der Waals surface area contributed by atoms with E-state index in [0.29, 0.717) is 15.6 Å². The maximum absolute atomic E-state index is 12.2. The van der Waals surface area contributed by atoms with Gasteiger partial charge >= 0.3 is 0 Å². The van der Waals surface area contributed by atoms with Gasteiger partial charge in [0, 0.05) is 10.6 Å². The fraction of sp³-hybridized carbons (Fsp3) is 0.462. The number of rotatable bonds is 5. The Hall–Kier alpha value is -0.570.